The van der Waals surface area contributed by atoms with Gasteiger partial charge in [0.1, 0.15) is 11.5 Å². The average Bonchev–Trinajstić information content (AvgIpc) is 3.16. The average molecular weight is 372 g/mol. The predicted octanol–water partition coefficient (Wildman–Crippen LogP) is 2.62. The molecule has 1 aliphatic rings. The quantitative estimate of drug-likeness (QED) is 0.802. The summed E-state index contributed by atoms with van der Waals surface area (Å²) < 4.78 is 4.94. The van der Waals surface area contributed by atoms with E-state index < -0.39 is 0 Å². The van der Waals surface area contributed by atoms with E-state index in [1.807, 2.05) is 0 Å². The Morgan fingerprint density at radius 1 is 1.22 bits per heavy atom. The van der Waals surface area contributed by atoms with Crippen molar-refractivity contribution in [2.45, 2.75) is 40.5 Å². The van der Waals surface area contributed by atoms with Gasteiger partial charge in [0, 0.05) is 36.3 Å². The number of Topliss-reactive ketones (excluding diaryl/α,β-unsaturated/α-hetero) is 1. The lowest BCUT2D eigenvalue weighted by Crippen LogP contribution is -2.41. The molecule has 2 N–H and O–H groups in total. The number of piperidine rings is 1. The second kappa shape index (κ2) is 7.38. The van der Waals surface area contributed by atoms with Gasteiger partial charge in [0.05, 0.1) is 0 Å². The minimum atomic E-state index is -0.176. The van der Waals surface area contributed by atoms with Gasteiger partial charge < -0.3 is 19.7 Å². The number of nitrogens with zero attached hydrogens (tertiary/aromatic N) is 2. The first-order valence-corrected chi connectivity index (χ1v) is 9.01. The van der Waals surface area contributed by atoms with Gasteiger partial charge in [-0.1, -0.05) is 5.16 Å². The Morgan fingerprint density at radius 3 is 2.41 bits per heavy atom. The molecule has 0 aromatic carbocycles. The molecule has 1 aliphatic heterocycles. The zero-order valence-electron chi connectivity index (χ0n) is 16.0. The number of rotatable bonds is 4. The molecule has 0 unspecified atom stereocenters. The molecule has 0 saturated carbocycles. The van der Waals surface area contributed by atoms with Gasteiger partial charge in [-0.3, -0.25) is 14.4 Å². The van der Waals surface area contributed by atoms with E-state index in [1.54, 1.807) is 31.7 Å². The smallest absolute Gasteiger partial charge is 0.270 e. The molecule has 8 heteroatoms. The summed E-state index contributed by atoms with van der Waals surface area (Å²) in [6, 6.07) is 1.67. The molecule has 0 aliphatic carbocycles. The Balaban J connectivity index is 1.62. The molecule has 2 aromatic rings. The molecule has 2 amide bonds. The van der Waals surface area contributed by atoms with Crippen LogP contribution in [0.4, 0.5) is 5.82 Å². The Hall–Kier alpha value is -2.90. The van der Waals surface area contributed by atoms with Crippen LogP contribution in [0.1, 0.15) is 57.6 Å². The normalized spacial score (nSPS) is 15.0. The van der Waals surface area contributed by atoms with E-state index >= 15 is 0 Å². The second-order valence-electron chi connectivity index (χ2n) is 7.06. The number of ketones is 1. The van der Waals surface area contributed by atoms with E-state index in [2.05, 4.69) is 15.5 Å². The monoisotopic (exact) mass is 372 g/mol. The number of aryl methyl sites for hydroxylation is 2. The Bertz CT molecular complexity index is 888. The molecule has 2 aromatic heterocycles. The van der Waals surface area contributed by atoms with E-state index in [0.717, 1.165) is 0 Å². The largest absolute Gasteiger partial charge is 0.360 e. The highest BCUT2D eigenvalue weighted by Crippen LogP contribution is 2.24. The molecule has 8 nitrogen and oxygen atoms in total. The first-order valence-electron chi connectivity index (χ1n) is 9.01. The van der Waals surface area contributed by atoms with Crippen LogP contribution in [0.3, 0.4) is 0 Å². The Kier molecular flexibility index (Phi) is 5.16. The number of amides is 2. The number of likely N-dealkylation sites (tertiary alicyclic amines) is 1. The van der Waals surface area contributed by atoms with Crippen LogP contribution in [0.5, 0.6) is 0 Å². The van der Waals surface area contributed by atoms with E-state index in [4.69, 9.17) is 4.52 Å². The van der Waals surface area contributed by atoms with Gasteiger partial charge in [0.2, 0.25) is 5.91 Å². The lowest BCUT2D eigenvalue weighted by atomic mass is 9.95. The minimum Gasteiger partial charge on any atom is -0.360 e. The van der Waals surface area contributed by atoms with Crippen LogP contribution < -0.4 is 5.32 Å². The lowest BCUT2D eigenvalue weighted by Gasteiger charge is -2.31. The number of aromatic amines is 1. The van der Waals surface area contributed by atoms with Gasteiger partial charge in [-0.15, -0.1) is 0 Å². The predicted molar refractivity (Wildman–Crippen MR) is 98.8 cm³/mol. The molecule has 27 heavy (non-hydrogen) atoms. The number of nitrogens with one attached hydrogen (secondary N) is 2. The molecule has 0 radical (unpaired) electrons. The second-order valence-corrected chi connectivity index (χ2v) is 7.06. The summed E-state index contributed by atoms with van der Waals surface area (Å²) in [6.07, 6.45) is 1.15. The van der Waals surface area contributed by atoms with Crippen molar-refractivity contribution in [2.75, 3.05) is 18.4 Å². The van der Waals surface area contributed by atoms with Crippen LogP contribution in [0.25, 0.3) is 0 Å². The number of carbonyl (C=O) groups is 3. The van der Waals surface area contributed by atoms with Gasteiger partial charge in [-0.25, -0.2) is 0 Å². The van der Waals surface area contributed by atoms with E-state index in [-0.39, 0.29) is 23.5 Å². The third-order valence-corrected chi connectivity index (χ3v) is 5.04. The zero-order valence-corrected chi connectivity index (χ0v) is 16.0. The van der Waals surface area contributed by atoms with Crippen LogP contribution in [0, 0.1) is 26.7 Å². The maximum absolute atomic E-state index is 12.8. The van der Waals surface area contributed by atoms with Gasteiger partial charge in [-0.2, -0.15) is 0 Å². The molecule has 144 valence electrons. The van der Waals surface area contributed by atoms with Crippen LogP contribution in [0.15, 0.2) is 10.6 Å². The molecular formula is C19H24N4O4. The zero-order chi connectivity index (χ0) is 19.7. The molecule has 0 atom stereocenters. The van der Waals surface area contributed by atoms with Gasteiger partial charge in [0.15, 0.2) is 11.6 Å². The summed E-state index contributed by atoms with van der Waals surface area (Å²) >= 11 is 0. The van der Waals surface area contributed by atoms with Crippen LogP contribution in [-0.2, 0) is 4.79 Å². The number of H-pyrrole nitrogens is 1. The number of carbonyl (C=O) groups excluding carboxylic acids is 3. The molecule has 0 bridgehead atoms. The van der Waals surface area contributed by atoms with Crippen molar-refractivity contribution in [1.29, 1.82) is 0 Å². The summed E-state index contributed by atoms with van der Waals surface area (Å²) in [4.78, 5) is 41.7. The summed E-state index contributed by atoms with van der Waals surface area (Å²) in [5.74, 6) is 0.567. The fourth-order valence-electron chi connectivity index (χ4n) is 3.65. The third kappa shape index (κ3) is 3.79. The highest BCUT2D eigenvalue weighted by atomic mass is 16.5. The summed E-state index contributed by atoms with van der Waals surface area (Å²) in [7, 11) is 0. The standard InChI is InChI=1S/C19H24N4O4/c1-10-9-15(22-27-10)21-18(25)14-5-7-23(8-6-14)19(26)17-11(2)16(13(4)24)12(3)20-17/h9,14,20H,5-8H2,1-4H3,(H,21,22,25). The van der Waals surface area contributed by atoms with Crippen LogP contribution in [-0.4, -0.2) is 45.7 Å². The molecule has 1 saturated heterocycles. The highest BCUT2D eigenvalue weighted by molar-refractivity contribution is 6.02. The molecule has 3 rings (SSSR count). The van der Waals surface area contributed by atoms with Crippen molar-refractivity contribution in [2.24, 2.45) is 5.92 Å². The number of aromatic nitrogens is 2. The van der Waals surface area contributed by atoms with Crippen molar-refractivity contribution in [3.63, 3.8) is 0 Å². The fraction of sp³-hybridized carbons (Fsp3) is 0.474. The SMILES string of the molecule is CC(=O)c1c(C)[nH]c(C(=O)N2CCC(C(=O)Nc3cc(C)on3)CC2)c1C. The molecule has 3 heterocycles. The van der Waals surface area contributed by atoms with E-state index in [0.29, 0.717) is 60.0 Å². The van der Waals surface area contributed by atoms with Crippen molar-refractivity contribution >= 4 is 23.4 Å². The van der Waals surface area contributed by atoms with Crippen molar-refractivity contribution in [1.82, 2.24) is 15.0 Å². The number of anilines is 1. The maximum Gasteiger partial charge on any atom is 0.270 e. The van der Waals surface area contributed by atoms with Gasteiger partial charge >= 0.3 is 0 Å². The topological polar surface area (TPSA) is 108 Å². The number of hydrogen-bond donors (Lipinski definition) is 2. The molecular weight excluding hydrogens is 348 g/mol. The molecule has 0 spiro atoms. The lowest BCUT2D eigenvalue weighted by molar-refractivity contribution is -0.121. The van der Waals surface area contributed by atoms with Crippen molar-refractivity contribution in [3.05, 3.63) is 34.3 Å². The summed E-state index contributed by atoms with van der Waals surface area (Å²) in [6.45, 7) is 7.81. The Morgan fingerprint density at radius 2 is 1.89 bits per heavy atom. The van der Waals surface area contributed by atoms with E-state index in [1.165, 1.54) is 6.92 Å². The Labute approximate surface area is 157 Å². The van der Waals surface area contributed by atoms with Gasteiger partial charge in [0.25, 0.3) is 5.91 Å². The fourth-order valence-corrected chi connectivity index (χ4v) is 3.65. The molecule has 1 fully saturated rings. The summed E-state index contributed by atoms with van der Waals surface area (Å²) in [5, 5.41) is 6.51. The third-order valence-electron chi connectivity index (χ3n) is 5.04. The van der Waals surface area contributed by atoms with E-state index in [9.17, 15) is 14.4 Å². The summed E-state index contributed by atoms with van der Waals surface area (Å²) in [5.41, 5.74) is 2.43. The number of hydrogen-bond acceptors (Lipinski definition) is 5. The first kappa shape index (κ1) is 18.9. The van der Waals surface area contributed by atoms with Crippen LogP contribution in [0.2, 0.25) is 0 Å². The van der Waals surface area contributed by atoms with Crippen molar-refractivity contribution in [3.8, 4) is 0 Å². The first-order chi connectivity index (χ1) is 12.8. The van der Waals surface area contributed by atoms with Crippen molar-refractivity contribution < 1.29 is 18.9 Å². The highest BCUT2D eigenvalue weighted by Gasteiger charge is 2.30. The van der Waals surface area contributed by atoms with Gasteiger partial charge in [-0.05, 0) is 46.1 Å². The maximum atomic E-state index is 12.8. The van der Waals surface area contributed by atoms with Crippen LogP contribution >= 0.6 is 0 Å². The minimum absolute atomic E-state index is 0.0567.